The Hall–Kier alpha value is -2.55. The summed E-state index contributed by atoms with van der Waals surface area (Å²) in [7, 11) is 0. The van der Waals surface area contributed by atoms with Crippen molar-refractivity contribution in [1.82, 2.24) is 4.90 Å². The van der Waals surface area contributed by atoms with Gasteiger partial charge >= 0.3 is 0 Å². The van der Waals surface area contributed by atoms with Gasteiger partial charge in [-0.1, -0.05) is 30.1 Å². The van der Waals surface area contributed by atoms with Crippen LogP contribution in [0, 0.1) is 11.3 Å². The lowest BCUT2D eigenvalue weighted by Crippen LogP contribution is -2.38. The number of anilines is 1. The van der Waals surface area contributed by atoms with Gasteiger partial charge in [-0.15, -0.1) is 0 Å². The first-order chi connectivity index (χ1) is 12.4. The molecule has 2 amide bonds. The third kappa shape index (κ3) is 5.22. The number of nitrogens with zero attached hydrogens (tertiary/aromatic N) is 2. The van der Waals surface area contributed by atoms with Crippen LogP contribution in [0.3, 0.4) is 0 Å². The minimum absolute atomic E-state index is 0.116. The van der Waals surface area contributed by atoms with Crippen molar-refractivity contribution in [2.24, 2.45) is 0 Å². The van der Waals surface area contributed by atoms with E-state index in [0.717, 1.165) is 0 Å². The van der Waals surface area contributed by atoms with Crippen molar-refractivity contribution in [3.8, 4) is 6.07 Å². The Bertz CT molecular complexity index is 845. The van der Waals surface area contributed by atoms with Gasteiger partial charge in [0.05, 0.1) is 22.3 Å². The molecule has 0 aromatic heterocycles. The summed E-state index contributed by atoms with van der Waals surface area (Å²) >= 11 is 12.0. The average molecular weight is 390 g/mol. The van der Waals surface area contributed by atoms with E-state index in [0.29, 0.717) is 39.8 Å². The van der Waals surface area contributed by atoms with E-state index in [1.807, 2.05) is 13.0 Å². The van der Waals surface area contributed by atoms with E-state index in [1.165, 1.54) is 4.90 Å². The Morgan fingerprint density at radius 3 is 2.46 bits per heavy atom. The number of nitrogens with one attached hydrogen (secondary N) is 1. The lowest BCUT2D eigenvalue weighted by atomic mass is 10.1. The van der Waals surface area contributed by atoms with Crippen molar-refractivity contribution in [3.05, 3.63) is 63.6 Å². The molecule has 0 saturated heterocycles. The van der Waals surface area contributed by atoms with E-state index < -0.39 is 0 Å². The monoisotopic (exact) mass is 389 g/mol. The summed E-state index contributed by atoms with van der Waals surface area (Å²) in [4.78, 5) is 26.5. The zero-order valence-corrected chi connectivity index (χ0v) is 15.6. The van der Waals surface area contributed by atoms with Crippen LogP contribution in [-0.4, -0.2) is 29.8 Å². The predicted molar refractivity (Wildman–Crippen MR) is 102 cm³/mol. The fraction of sp³-hybridized carbons (Fsp3) is 0.211. The second kappa shape index (κ2) is 9.23. The van der Waals surface area contributed by atoms with Crippen LogP contribution in [0.2, 0.25) is 10.0 Å². The number of carbonyl (C=O) groups excluding carboxylic acids is 2. The van der Waals surface area contributed by atoms with Crippen LogP contribution in [0.25, 0.3) is 0 Å². The molecule has 134 valence electrons. The van der Waals surface area contributed by atoms with Crippen molar-refractivity contribution in [3.63, 3.8) is 0 Å². The third-order valence-corrected chi connectivity index (χ3v) is 4.14. The van der Waals surface area contributed by atoms with E-state index in [9.17, 15) is 9.59 Å². The number of nitriles is 1. The van der Waals surface area contributed by atoms with Gasteiger partial charge in [0.2, 0.25) is 5.91 Å². The molecule has 0 saturated carbocycles. The number of rotatable bonds is 6. The molecule has 0 bridgehead atoms. The first-order valence-corrected chi connectivity index (χ1v) is 8.74. The van der Waals surface area contributed by atoms with Crippen molar-refractivity contribution in [1.29, 1.82) is 5.26 Å². The molecule has 0 heterocycles. The Morgan fingerprint density at radius 1 is 1.15 bits per heavy atom. The number of amides is 2. The molecule has 0 atom stereocenters. The molecule has 1 N–H and O–H groups in total. The molecule has 2 aromatic carbocycles. The van der Waals surface area contributed by atoms with E-state index in [-0.39, 0.29) is 18.4 Å². The van der Waals surface area contributed by atoms with Gasteiger partial charge in [0.1, 0.15) is 6.54 Å². The number of benzene rings is 2. The molecular weight excluding hydrogens is 373 g/mol. The predicted octanol–water partition coefficient (Wildman–Crippen LogP) is 4.36. The number of hydrogen-bond acceptors (Lipinski definition) is 3. The molecule has 7 heteroatoms. The second-order valence-corrected chi connectivity index (χ2v) is 6.43. The summed E-state index contributed by atoms with van der Waals surface area (Å²) in [6.07, 6.45) is 0.702. The highest BCUT2D eigenvalue weighted by atomic mass is 35.5. The van der Waals surface area contributed by atoms with E-state index >= 15 is 0 Å². The maximum Gasteiger partial charge on any atom is 0.254 e. The molecule has 0 spiro atoms. The molecule has 2 aromatic rings. The van der Waals surface area contributed by atoms with Crippen LogP contribution in [-0.2, 0) is 4.79 Å². The van der Waals surface area contributed by atoms with Crippen molar-refractivity contribution in [2.45, 2.75) is 13.3 Å². The molecule has 2 rings (SSSR count). The van der Waals surface area contributed by atoms with Crippen molar-refractivity contribution < 1.29 is 9.59 Å². The van der Waals surface area contributed by atoms with Gasteiger partial charge in [-0.3, -0.25) is 9.59 Å². The molecule has 0 aliphatic heterocycles. The highest BCUT2D eigenvalue weighted by Gasteiger charge is 2.19. The lowest BCUT2D eigenvalue weighted by molar-refractivity contribution is -0.116. The first kappa shape index (κ1) is 19.8. The Morgan fingerprint density at radius 2 is 1.85 bits per heavy atom. The molecule has 0 radical (unpaired) electrons. The van der Waals surface area contributed by atoms with Crippen LogP contribution in [0.1, 0.15) is 29.3 Å². The summed E-state index contributed by atoms with van der Waals surface area (Å²) in [5.41, 5.74) is 1.29. The lowest BCUT2D eigenvalue weighted by Gasteiger charge is -2.22. The van der Waals surface area contributed by atoms with Gasteiger partial charge in [0.25, 0.3) is 5.91 Å². The van der Waals surface area contributed by atoms with E-state index in [2.05, 4.69) is 5.32 Å². The largest absolute Gasteiger partial charge is 0.329 e. The quantitative estimate of drug-likeness (QED) is 0.797. The fourth-order valence-electron chi connectivity index (χ4n) is 2.35. The van der Waals surface area contributed by atoms with Crippen LogP contribution in [0.4, 0.5) is 5.69 Å². The zero-order valence-electron chi connectivity index (χ0n) is 14.1. The second-order valence-electron chi connectivity index (χ2n) is 5.59. The van der Waals surface area contributed by atoms with Crippen LogP contribution in [0.15, 0.2) is 42.5 Å². The van der Waals surface area contributed by atoms with Gasteiger partial charge < -0.3 is 10.2 Å². The summed E-state index contributed by atoms with van der Waals surface area (Å²) in [6.45, 7) is 2.23. The average Bonchev–Trinajstić information content (AvgIpc) is 2.64. The highest BCUT2D eigenvalue weighted by Crippen LogP contribution is 2.25. The van der Waals surface area contributed by atoms with Crippen LogP contribution in [0.5, 0.6) is 0 Å². The van der Waals surface area contributed by atoms with E-state index in [4.69, 9.17) is 28.5 Å². The molecule has 0 unspecified atom stereocenters. The normalized spacial score (nSPS) is 10.1. The Labute approximate surface area is 162 Å². The first-order valence-electron chi connectivity index (χ1n) is 7.99. The Balaban J connectivity index is 2.11. The SMILES string of the molecule is CCCN(CC(=O)Nc1cc(Cl)ccc1Cl)C(=O)c1ccc(C#N)cc1. The third-order valence-electron chi connectivity index (χ3n) is 3.58. The minimum atomic E-state index is -0.371. The maximum atomic E-state index is 12.7. The van der Waals surface area contributed by atoms with Gasteiger partial charge in [0, 0.05) is 17.1 Å². The molecule has 26 heavy (non-hydrogen) atoms. The number of carbonyl (C=O) groups is 2. The molecule has 0 aliphatic rings. The molecule has 0 fully saturated rings. The zero-order chi connectivity index (χ0) is 19.1. The van der Waals surface area contributed by atoms with Gasteiger partial charge in [-0.05, 0) is 48.9 Å². The summed E-state index contributed by atoms with van der Waals surface area (Å²) in [6, 6.07) is 13.1. The number of halogens is 2. The standard InChI is InChI=1S/C19H17Cl2N3O2/c1-2-9-24(19(26)14-5-3-13(11-22)4-6-14)12-18(25)23-17-10-15(20)7-8-16(17)21/h3-8,10H,2,9,12H2,1H3,(H,23,25). The minimum Gasteiger partial charge on any atom is -0.329 e. The highest BCUT2D eigenvalue weighted by molar-refractivity contribution is 6.35. The summed E-state index contributed by atoms with van der Waals surface area (Å²) in [5, 5.41) is 12.3. The number of hydrogen-bond donors (Lipinski definition) is 1. The Kier molecular flexibility index (Phi) is 7.02. The van der Waals surface area contributed by atoms with Gasteiger partial charge in [-0.25, -0.2) is 0 Å². The molecular formula is C19H17Cl2N3O2. The fourth-order valence-corrected chi connectivity index (χ4v) is 2.69. The van der Waals surface area contributed by atoms with Crippen molar-refractivity contribution in [2.75, 3.05) is 18.4 Å². The van der Waals surface area contributed by atoms with E-state index in [1.54, 1.807) is 42.5 Å². The summed E-state index contributed by atoms with van der Waals surface area (Å²) in [5.74, 6) is -0.645. The van der Waals surface area contributed by atoms with Crippen LogP contribution >= 0.6 is 23.2 Å². The topological polar surface area (TPSA) is 73.2 Å². The van der Waals surface area contributed by atoms with Gasteiger partial charge in [-0.2, -0.15) is 5.26 Å². The van der Waals surface area contributed by atoms with Crippen molar-refractivity contribution >= 4 is 40.7 Å². The smallest absolute Gasteiger partial charge is 0.254 e. The molecule has 0 aliphatic carbocycles. The molecule has 5 nitrogen and oxygen atoms in total. The maximum absolute atomic E-state index is 12.7. The van der Waals surface area contributed by atoms with Gasteiger partial charge in [0.15, 0.2) is 0 Å². The summed E-state index contributed by atoms with van der Waals surface area (Å²) < 4.78 is 0. The van der Waals surface area contributed by atoms with Crippen LogP contribution < -0.4 is 5.32 Å².